The van der Waals surface area contributed by atoms with Crippen molar-refractivity contribution in [2.75, 3.05) is 18.1 Å². The third-order valence-corrected chi connectivity index (χ3v) is 5.74. The Morgan fingerprint density at radius 2 is 1.89 bits per heavy atom. The lowest BCUT2D eigenvalue weighted by Gasteiger charge is -2.10. The van der Waals surface area contributed by atoms with Gasteiger partial charge in [-0.3, -0.25) is 4.79 Å². The quantitative estimate of drug-likeness (QED) is 0.634. The molecule has 5 nitrogen and oxygen atoms in total. The van der Waals surface area contributed by atoms with Crippen LogP contribution in [0.25, 0.3) is 6.08 Å². The summed E-state index contributed by atoms with van der Waals surface area (Å²) in [6, 6.07) is 18.3. The molecule has 0 saturated heterocycles. The summed E-state index contributed by atoms with van der Waals surface area (Å²) in [5, 5.41) is 11.9. The molecule has 0 spiro atoms. The SMILES string of the molecule is N#CCCS(=O)(=O)C/C(=C\c1cccc(Cl)c1)C(=O)NCCc1ccccc1. The number of carbonyl (C=O) groups is 1. The molecule has 0 aliphatic rings. The van der Waals surface area contributed by atoms with Gasteiger partial charge in [0.25, 0.3) is 0 Å². The Morgan fingerprint density at radius 3 is 2.57 bits per heavy atom. The Kier molecular flexibility index (Phi) is 8.24. The summed E-state index contributed by atoms with van der Waals surface area (Å²) in [5.41, 5.74) is 1.83. The lowest BCUT2D eigenvalue weighted by atomic mass is 10.1. The van der Waals surface area contributed by atoms with Gasteiger partial charge >= 0.3 is 0 Å². The van der Waals surface area contributed by atoms with Gasteiger partial charge in [-0.25, -0.2) is 8.42 Å². The van der Waals surface area contributed by atoms with Crippen molar-refractivity contribution in [1.82, 2.24) is 5.32 Å². The molecule has 0 aromatic heterocycles. The van der Waals surface area contributed by atoms with E-state index in [0.717, 1.165) is 5.56 Å². The summed E-state index contributed by atoms with van der Waals surface area (Å²) in [6.45, 7) is 0.383. The predicted octanol–water partition coefficient (Wildman–Crippen LogP) is 3.41. The first-order valence-corrected chi connectivity index (χ1v) is 11.0. The van der Waals surface area contributed by atoms with Crippen molar-refractivity contribution in [1.29, 1.82) is 5.26 Å². The van der Waals surface area contributed by atoms with Crippen LogP contribution in [-0.4, -0.2) is 32.4 Å². The third-order valence-electron chi connectivity index (χ3n) is 3.92. The second-order valence-corrected chi connectivity index (χ2v) is 8.84. The molecular weight excluding hydrogens is 396 g/mol. The topological polar surface area (TPSA) is 87.0 Å². The minimum absolute atomic E-state index is 0.109. The highest BCUT2D eigenvalue weighted by Gasteiger charge is 2.19. The van der Waals surface area contributed by atoms with Crippen molar-refractivity contribution in [3.63, 3.8) is 0 Å². The summed E-state index contributed by atoms with van der Waals surface area (Å²) < 4.78 is 24.5. The highest BCUT2D eigenvalue weighted by atomic mass is 35.5. The number of carbonyl (C=O) groups excluding carboxylic acids is 1. The number of nitrogens with zero attached hydrogens (tertiary/aromatic N) is 1. The van der Waals surface area contributed by atoms with Crippen LogP contribution in [0.4, 0.5) is 0 Å². The van der Waals surface area contributed by atoms with E-state index in [2.05, 4.69) is 5.32 Å². The van der Waals surface area contributed by atoms with Crippen molar-refractivity contribution in [2.45, 2.75) is 12.8 Å². The fraction of sp³-hybridized carbons (Fsp3) is 0.238. The lowest BCUT2D eigenvalue weighted by Crippen LogP contribution is -2.30. The molecule has 2 aromatic carbocycles. The van der Waals surface area contributed by atoms with Gasteiger partial charge in [-0.2, -0.15) is 5.26 Å². The van der Waals surface area contributed by atoms with E-state index in [1.165, 1.54) is 6.08 Å². The van der Waals surface area contributed by atoms with Crippen LogP contribution < -0.4 is 5.32 Å². The molecule has 0 atom stereocenters. The number of halogens is 1. The third kappa shape index (κ3) is 7.55. The summed E-state index contributed by atoms with van der Waals surface area (Å²) in [4.78, 5) is 12.6. The number of hydrogen-bond donors (Lipinski definition) is 1. The van der Waals surface area contributed by atoms with Crippen LogP contribution in [-0.2, 0) is 21.1 Å². The predicted molar refractivity (Wildman–Crippen MR) is 111 cm³/mol. The van der Waals surface area contributed by atoms with Crippen LogP contribution in [0.5, 0.6) is 0 Å². The van der Waals surface area contributed by atoms with E-state index in [9.17, 15) is 13.2 Å². The largest absolute Gasteiger partial charge is 0.352 e. The molecule has 28 heavy (non-hydrogen) atoms. The molecular formula is C21H21ClN2O3S. The van der Waals surface area contributed by atoms with Gasteiger partial charge < -0.3 is 5.32 Å². The van der Waals surface area contributed by atoms with Gasteiger partial charge in [0.1, 0.15) is 0 Å². The number of benzene rings is 2. The van der Waals surface area contributed by atoms with Gasteiger partial charge in [0, 0.05) is 23.6 Å². The van der Waals surface area contributed by atoms with E-state index in [1.807, 2.05) is 36.4 Å². The fourth-order valence-corrected chi connectivity index (χ4v) is 3.99. The number of nitrogens with one attached hydrogen (secondary N) is 1. The van der Waals surface area contributed by atoms with Crippen LogP contribution in [0.3, 0.4) is 0 Å². The second-order valence-electron chi connectivity index (χ2n) is 6.22. The molecule has 2 rings (SSSR count). The van der Waals surface area contributed by atoms with Crippen LogP contribution in [0.15, 0.2) is 60.2 Å². The Morgan fingerprint density at radius 1 is 1.14 bits per heavy atom. The van der Waals surface area contributed by atoms with Gasteiger partial charge in [0.05, 0.1) is 17.6 Å². The van der Waals surface area contributed by atoms with Crippen LogP contribution in [0, 0.1) is 11.3 Å². The van der Waals surface area contributed by atoms with Crippen molar-refractivity contribution < 1.29 is 13.2 Å². The molecule has 0 aliphatic carbocycles. The lowest BCUT2D eigenvalue weighted by molar-refractivity contribution is -0.117. The Labute approximate surface area is 170 Å². The molecule has 146 valence electrons. The number of nitriles is 1. The molecule has 0 unspecified atom stereocenters. The average molecular weight is 417 g/mol. The zero-order valence-corrected chi connectivity index (χ0v) is 16.8. The van der Waals surface area contributed by atoms with E-state index in [0.29, 0.717) is 23.6 Å². The average Bonchev–Trinajstić information content (AvgIpc) is 2.66. The van der Waals surface area contributed by atoms with Gasteiger partial charge in [0.2, 0.25) is 5.91 Å². The number of hydrogen-bond acceptors (Lipinski definition) is 4. The van der Waals surface area contributed by atoms with Gasteiger partial charge in [0.15, 0.2) is 9.84 Å². The zero-order valence-electron chi connectivity index (χ0n) is 15.3. The highest BCUT2D eigenvalue weighted by molar-refractivity contribution is 7.91. The first-order chi connectivity index (χ1) is 13.4. The van der Waals surface area contributed by atoms with E-state index in [1.54, 1.807) is 24.3 Å². The molecule has 2 aromatic rings. The van der Waals surface area contributed by atoms with Gasteiger partial charge in [-0.1, -0.05) is 54.1 Å². The van der Waals surface area contributed by atoms with Crippen molar-refractivity contribution >= 4 is 33.4 Å². The Hall–Kier alpha value is -2.62. The van der Waals surface area contributed by atoms with Crippen LogP contribution in [0.1, 0.15) is 17.5 Å². The van der Waals surface area contributed by atoms with Crippen LogP contribution in [0.2, 0.25) is 5.02 Å². The first-order valence-electron chi connectivity index (χ1n) is 8.75. The normalized spacial score (nSPS) is 11.6. The highest BCUT2D eigenvalue weighted by Crippen LogP contribution is 2.15. The summed E-state index contributed by atoms with van der Waals surface area (Å²) in [7, 11) is -3.58. The van der Waals surface area contributed by atoms with Gasteiger partial charge in [-0.15, -0.1) is 0 Å². The van der Waals surface area contributed by atoms with Crippen molar-refractivity contribution in [3.05, 3.63) is 76.3 Å². The zero-order chi connectivity index (χ0) is 20.4. The summed E-state index contributed by atoms with van der Waals surface area (Å²) in [6.07, 6.45) is 2.05. The number of rotatable bonds is 9. The van der Waals surface area contributed by atoms with Crippen LogP contribution >= 0.6 is 11.6 Å². The molecule has 0 radical (unpaired) electrons. The summed E-state index contributed by atoms with van der Waals surface area (Å²) >= 11 is 5.98. The molecule has 1 N–H and O–H groups in total. The smallest absolute Gasteiger partial charge is 0.248 e. The van der Waals surface area contributed by atoms with Crippen molar-refractivity contribution in [3.8, 4) is 6.07 Å². The Balaban J connectivity index is 2.14. The maximum Gasteiger partial charge on any atom is 0.248 e. The standard InChI is InChI=1S/C21H21ClN2O3S/c22-20-9-4-8-18(15-20)14-19(16-28(26,27)13-5-11-23)21(25)24-12-10-17-6-2-1-3-7-17/h1-4,6-9,14-15H,5,10,12-13,16H2,(H,24,25)/b19-14+. The molecule has 0 bridgehead atoms. The van der Waals surface area contributed by atoms with E-state index < -0.39 is 21.5 Å². The summed E-state index contributed by atoms with van der Waals surface area (Å²) in [5.74, 6) is -1.16. The number of amides is 1. The second kappa shape index (κ2) is 10.6. The maximum absolute atomic E-state index is 12.6. The van der Waals surface area contributed by atoms with E-state index >= 15 is 0 Å². The fourth-order valence-electron chi connectivity index (χ4n) is 2.56. The van der Waals surface area contributed by atoms with E-state index in [4.69, 9.17) is 16.9 Å². The molecule has 0 aliphatic heterocycles. The molecule has 0 heterocycles. The van der Waals surface area contributed by atoms with E-state index in [-0.39, 0.29) is 17.7 Å². The first kappa shape index (κ1) is 21.7. The minimum Gasteiger partial charge on any atom is -0.352 e. The van der Waals surface area contributed by atoms with Crippen molar-refractivity contribution in [2.24, 2.45) is 0 Å². The van der Waals surface area contributed by atoms with Gasteiger partial charge in [-0.05, 0) is 35.8 Å². The monoisotopic (exact) mass is 416 g/mol. The Bertz CT molecular complexity index is 980. The molecule has 0 saturated carbocycles. The molecule has 1 amide bonds. The molecule has 7 heteroatoms. The molecule has 0 fully saturated rings. The minimum atomic E-state index is -3.58. The number of sulfone groups is 1. The maximum atomic E-state index is 12.6.